The smallest absolute Gasteiger partial charge is 0.293 e. The fraction of sp³-hybridized carbons (Fsp3) is 0.300. The number of aromatic amines is 1. The van der Waals surface area contributed by atoms with Gasteiger partial charge in [-0.3, -0.25) is 49.2 Å². The van der Waals surface area contributed by atoms with Gasteiger partial charge in [0.05, 0.1) is 39.3 Å². The number of benzene rings is 5. The zero-order chi connectivity index (χ0) is 58.5. The first kappa shape index (κ1) is 56.9. The largest absolute Gasteiger partial charge is 0.493 e. The third-order valence-corrected chi connectivity index (χ3v) is 17.0. The molecular weight excluding hydrogens is 1120 g/mol. The molecule has 0 spiro atoms. The van der Waals surface area contributed by atoms with Crippen LogP contribution in [0.4, 0.5) is 22.7 Å². The SMILES string of the molecule is O=C1CCC(N2C(=O)c3cccc(NCCCCOc4cccc(-c5ccc(Cl)cc5)c4CN4CCN(c5ccc(C(=O)NS(=O)(=O)c6ccc(NCC7CCOCC7)c([N+](=O)[O-])c6)c(Oc6cnc7[nH]ccc7c6)c5)CC4)c3C2=O)C(=O)N1. The number of carbonyl (C=O) groups is 5. The second-order valence-corrected chi connectivity index (χ2v) is 23.0. The summed E-state index contributed by atoms with van der Waals surface area (Å²) in [7, 11) is -4.63. The van der Waals surface area contributed by atoms with Crippen LogP contribution in [0.5, 0.6) is 17.2 Å². The molecule has 5 N–H and O–H groups in total. The Bertz CT molecular complexity index is 3810. The maximum absolute atomic E-state index is 14.1. The van der Waals surface area contributed by atoms with E-state index in [1.807, 2.05) is 42.5 Å². The van der Waals surface area contributed by atoms with Crippen LogP contribution in [0.15, 0.2) is 126 Å². The van der Waals surface area contributed by atoms with Crippen molar-refractivity contribution in [1.82, 2.24) is 29.8 Å². The fourth-order valence-corrected chi connectivity index (χ4v) is 12.1. The normalized spacial score (nSPS) is 16.8. The van der Waals surface area contributed by atoms with Gasteiger partial charge in [-0.1, -0.05) is 41.9 Å². The number of unbranched alkanes of at least 4 members (excludes halogenated alkanes) is 1. The number of hydrogen-bond donors (Lipinski definition) is 5. The number of hydrogen-bond acceptors (Lipinski definition) is 17. The van der Waals surface area contributed by atoms with Crippen molar-refractivity contribution < 1.29 is 51.5 Å². The molecule has 6 heterocycles. The first-order valence-electron chi connectivity index (χ1n) is 27.7. The molecular formula is C60H59ClN10O12S. The molecule has 434 valence electrons. The van der Waals surface area contributed by atoms with Crippen LogP contribution in [0.3, 0.4) is 0 Å². The van der Waals surface area contributed by atoms with Crippen molar-refractivity contribution in [2.24, 2.45) is 5.92 Å². The van der Waals surface area contributed by atoms with Gasteiger partial charge in [0.1, 0.15) is 34.6 Å². The molecule has 4 aliphatic heterocycles. The van der Waals surface area contributed by atoms with E-state index >= 15 is 0 Å². The Morgan fingerprint density at radius 3 is 2.40 bits per heavy atom. The summed E-state index contributed by atoms with van der Waals surface area (Å²) in [6.07, 6.45) is 6.21. The van der Waals surface area contributed by atoms with Crippen molar-refractivity contribution in [3.63, 3.8) is 0 Å². The summed E-state index contributed by atoms with van der Waals surface area (Å²) in [6, 6.07) is 29.5. The van der Waals surface area contributed by atoms with Gasteiger partial charge in [-0.05, 0) is 116 Å². The molecule has 84 heavy (non-hydrogen) atoms. The van der Waals surface area contributed by atoms with Crippen LogP contribution in [0.1, 0.15) is 75.2 Å². The van der Waals surface area contributed by atoms with Crippen LogP contribution in [0, 0.1) is 16.0 Å². The van der Waals surface area contributed by atoms with Crippen LogP contribution in [0.2, 0.25) is 5.02 Å². The van der Waals surface area contributed by atoms with E-state index in [4.69, 9.17) is 25.8 Å². The number of ether oxygens (including phenoxy) is 3. The topological polar surface area (TPSA) is 277 Å². The highest BCUT2D eigenvalue weighted by molar-refractivity contribution is 7.90. The van der Waals surface area contributed by atoms with Crippen LogP contribution in [0.25, 0.3) is 22.2 Å². The summed E-state index contributed by atoms with van der Waals surface area (Å²) in [4.78, 5) is 89.5. The number of aromatic nitrogens is 2. The number of halogens is 1. The summed E-state index contributed by atoms with van der Waals surface area (Å²) in [5.41, 5.74) is 4.75. The second-order valence-electron chi connectivity index (χ2n) is 20.9. The molecule has 0 aliphatic carbocycles. The van der Waals surface area contributed by atoms with Crippen molar-refractivity contribution in [2.45, 2.75) is 56.0 Å². The minimum absolute atomic E-state index is 0.0311. The Kier molecular flexibility index (Phi) is 16.9. The molecule has 5 aromatic carbocycles. The zero-order valence-electron chi connectivity index (χ0n) is 45.4. The van der Waals surface area contributed by atoms with E-state index in [1.54, 1.807) is 42.6 Å². The maximum Gasteiger partial charge on any atom is 0.293 e. The monoisotopic (exact) mass is 1180 g/mol. The van der Waals surface area contributed by atoms with Crippen molar-refractivity contribution in [3.05, 3.63) is 159 Å². The number of carbonyl (C=O) groups excluding carboxylic acids is 5. The first-order valence-corrected chi connectivity index (χ1v) is 29.5. The van der Waals surface area contributed by atoms with Gasteiger partial charge >= 0.3 is 0 Å². The Balaban J connectivity index is 0.756. The average Bonchev–Trinajstić information content (AvgIpc) is 4.30. The molecule has 1 atom stereocenters. The number of imide groups is 2. The molecule has 11 rings (SSSR count). The number of nitro groups is 1. The number of sulfonamides is 1. The molecule has 0 radical (unpaired) electrons. The molecule has 0 bridgehead atoms. The number of H-pyrrole nitrogens is 1. The van der Waals surface area contributed by atoms with Gasteiger partial charge in [0.2, 0.25) is 11.8 Å². The molecule has 3 fully saturated rings. The number of amides is 5. The van der Waals surface area contributed by atoms with Crippen molar-refractivity contribution in [2.75, 3.05) is 74.6 Å². The van der Waals surface area contributed by atoms with Crippen molar-refractivity contribution in [3.8, 4) is 28.4 Å². The number of rotatable bonds is 21. The lowest BCUT2D eigenvalue weighted by Gasteiger charge is -2.37. The van der Waals surface area contributed by atoms with Gasteiger partial charge in [0, 0.05) is 111 Å². The standard InChI is InChI=1S/C60H59ClN10O12S/c61-40-11-9-38(10-12-40)44-5-4-8-52(82-28-2-1-22-62-49-7-3-6-46-55(49)60(76)70(59(46)75)50-17-18-54(72)66-58(50)74)47(44)36-68-24-26-69(27-25-68)41-13-15-45(53(32-41)83-42-31-39-19-23-63-56(39)65-35-42)57(73)67-84(79,80)43-14-16-48(51(33-43)71(77)78)64-34-37-20-29-81-30-21-37/h3-16,19,23,31-33,35,37,50,62,64H,1-2,17-18,20-22,24-30,34,36H2,(H,63,65)(H,67,73)(H,66,72,74). The van der Waals surface area contributed by atoms with Gasteiger partial charge in [0.15, 0.2) is 0 Å². The molecule has 0 saturated carbocycles. The highest BCUT2D eigenvalue weighted by Crippen LogP contribution is 2.37. The van der Waals surface area contributed by atoms with Gasteiger partial charge in [-0.2, -0.15) is 0 Å². The number of nitrogens with one attached hydrogen (secondary N) is 5. The molecule has 4 aliphatic rings. The summed E-state index contributed by atoms with van der Waals surface area (Å²) < 4.78 is 48.1. The summed E-state index contributed by atoms with van der Waals surface area (Å²) >= 11 is 6.33. The van der Waals surface area contributed by atoms with Crippen LogP contribution < -0.4 is 35.0 Å². The summed E-state index contributed by atoms with van der Waals surface area (Å²) in [6.45, 7) is 5.43. The molecule has 22 nitrogen and oxygen atoms in total. The minimum Gasteiger partial charge on any atom is -0.493 e. The minimum atomic E-state index is -4.63. The number of pyridine rings is 1. The molecule has 7 aromatic rings. The summed E-state index contributed by atoms with van der Waals surface area (Å²) in [5, 5.41) is 22.2. The molecule has 5 amide bonds. The lowest BCUT2D eigenvalue weighted by atomic mass is 9.98. The van der Waals surface area contributed by atoms with Gasteiger partial charge < -0.3 is 34.7 Å². The molecule has 24 heteroatoms. The van der Waals surface area contributed by atoms with E-state index in [0.717, 1.165) is 51.6 Å². The fourth-order valence-electron chi connectivity index (χ4n) is 10.9. The van der Waals surface area contributed by atoms with Crippen LogP contribution in [-0.4, -0.2) is 128 Å². The molecule has 1 unspecified atom stereocenters. The number of piperazine rings is 1. The van der Waals surface area contributed by atoms with Gasteiger partial charge in [0.25, 0.3) is 33.4 Å². The van der Waals surface area contributed by atoms with Gasteiger partial charge in [-0.25, -0.2) is 18.1 Å². The van der Waals surface area contributed by atoms with E-state index in [9.17, 15) is 42.5 Å². The third kappa shape index (κ3) is 12.5. The van der Waals surface area contributed by atoms with E-state index in [-0.39, 0.29) is 46.9 Å². The van der Waals surface area contributed by atoms with Gasteiger partial charge in [-0.15, -0.1) is 0 Å². The number of fused-ring (bicyclic) bond motifs is 2. The predicted octanol–water partition coefficient (Wildman–Crippen LogP) is 8.54. The van der Waals surface area contributed by atoms with Crippen molar-refractivity contribution in [1.29, 1.82) is 0 Å². The maximum atomic E-state index is 14.1. The van der Waals surface area contributed by atoms with E-state index in [1.165, 1.54) is 24.4 Å². The Hall–Kier alpha value is -8.90. The average molecular weight is 1180 g/mol. The quantitative estimate of drug-likeness (QED) is 0.0195. The number of nitrogens with zero attached hydrogens (tertiary/aromatic N) is 5. The Labute approximate surface area is 488 Å². The number of piperidine rings is 1. The summed E-state index contributed by atoms with van der Waals surface area (Å²) in [5.74, 6) is -1.96. The Morgan fingerprint density at radius 2 is 1.62 bits per heavy atom. The van der Waals surface area contributed by atoms with Crippen LogP contribution >= 0.6 is 11.6 Å². The third-order valence-electron chi connectivity index (χ3n) is 15.5. The van der Waals surface area contributed by atoms with Crippen LogP contribution in [-0.2, 0) is 30.9 Å². The second kappa shape index (κ2) is 24.9. The highest BCUT2D eigenvalue weighted by atomic mass is 35.5. The van der Waals surface area contributed by atoms with E-state index < -0.39 is 61.1 Å². The lowest BCUT2D eigenvalue weighted by molar-refractivity contribution is -0.384. The molecule has 3 saturated heterocycles. The highest BCUT2D eigenvalue weighted by Gasteiger charge is 2.45. The van der Waals surface area contributed by atoms with E-state index in [2.05, 4.69) is 46.5 Å². The predicted molar refractivity (Wildman–Crippen MR) is 313 cm³/mol. The van der Waals surface area contributed by atoms with Crippen molar-refractivity contribution >= 4 is 84.9 Å². The Morgan fingerprint density at radius 1 is 0.833 bits per heavy atom. The number of nitro benzene ring substituents is 1. The first-order chi connectivity index (χ1) is 40.7. The lowest BCUT2D eigenvalue weighted by Crippen LogP contribution is -2.54. The zero-order valence-corrected chi connectivity index (χ0v) is 47.0. The number of anilines is 3. The molecule has 2 aromatic heterocycles. The van der Waals surface area contributed by atoms with E-state index in [0.29, 0.717) is 106 Å².